The van der Waals surface area contributed by atoms with E-state index in [1.54, 1.807) is 13.1 Å². The molecule has 5 nitrogen and oxygen atoms in total. The third kappa shape index (κ3) is 8.71. The molecule has 0 aliphatic heterocycles. The molecule has 0 aromatic heterocycles. The predicted molar refractivity (Wildman–Crippen MR) is 114 cm³/mol. The fraction of sp³-hybridized carbons (Fsp3) is 0.667. The van der Waals surface area contributed by atoms with Crippen LogP contribution in [0.25, 0.3) is 0 Å². The van der Waals surface area contributed by atoms with E-state index in [0.717, 1.165) is 31.0 Å². The second-order valence-electron chi connectivity index (χ2n) is 7.79. The molecule has 1 aromatic carbocycles. The smallest absolute Gasteiger partial charge is 0.191 e. The maximum Gasteiger partial charge on any atom is 0.191 e. The van der Waals surface area contributed by atoms with Crippen molar-refractivity contribution in [2.24, 2.45) is 4.99 Å². The van der Waals surface area contributed by atoms with Crippen LogP contribution in [0.1, 0.15) is 45.2 Å². The molecule has 6 heteroatoms. The SMILES string of the molecule is CN=C(NCCCN(C(C)C)C(C)C)NCc1ccc(F)c(CN(C)C)c1. The first-order chi connectivity index (χ1) is 12.7. The van der Waals surface area contributed by atoms with Crippen molar-refractivity contribution in [3.8, 4) is 0 Å². The van der Waals surface area contributed by atoms with Crippen LogP contribution in [-0.4, -0.2) is 62.1 Å². The maximum atomic E-state index is 13.9. The number of benzene rings is 1. The molecule has 0 atom stereocenters. The molecule has 0 amide bonds. The zero-order chi connectivity index (χ0) is 20.4. The molecule has 1 rings (SSSR count). The van der Waals surface area contributed by atoms with E-state index in [4.69, 9.17) is 0 Å². The molecule has 0 bridgehead atoms. The van der Waals surface area contributed by atoms with E-state index < -0.39 is 0 Å². The molecule has 0 fully saturated rings. The zero-order valence-corrected chi connectivity index (χ0v) is 18.1. The number of aliphatic imine (C=N–C) groups is 1. The Kier molecular flexibility index (Phi) is 10.3. The van der Waals surface area contributed by atoms with Gasteiger partial charge in [0.15, 0.2) is 5.96 Å². The van der Waals surface area contributed by atoms with Crippen molar-refractivity contribution in [1.82, 2.24) is 20.4 Å². The van der Waals surface area contributed by atoms with E-state index in [1.165, 1.54) is 0 Å². The molecule has 0 unspecified atom stereocenters. The van der Waals surface area contributed by atoms with Crippen molar-refractivity contribution in [2.45, 2.75) is 59.3 Å². The van der Waals surface area contributed by atoms with E-state index in [-0.39, 0.29) is 5.82 Å². The highest BCUT2D eigenvalue weighted by atomic mass is 19.1. The normalized spacial score (nSPS) is 12.5. The molecule has 27 heavy (non-hydrogen) atoms. The molecule has 0 saturated carbocycles. The Bertz CT molecular complexity index is 576. The van der Waals surface area contributed by atoms with Crippen LogP contribution < -0.4 is 10.6 Å². The Morgan fingerprint density at radius 2 is 1.78 bits per heavy atom. The lowest BCUT2D eigenvalue weighted by molar-refractivity contribution is 0.173. The van der Waals surface area contributed by atoms with Gasteiger partial charge in [-0.25, -0.2) is 4.39 Å². The summed E-state index contributed by atoms with van der Waals surface area (Å²) in [4.78, 5) is 8.73. The molecule has 154 valence electrons. The lowest BCUT2D eigenvalue weighted by atomic mass is 10.1. The number of halogens is 1. The Hall–Kier alpha value is -1.66. The number of hydrogen-bond acceptors (Lipinski definition) is 3. The van der Waals surface area contributed by atoms with Crippen LogP contribution in [0.15, 0.2) is 23.2 Å². The van der Waals surface area contributed by atoms with Crippen LogP contribution >= 0.6 is 0 Å². The van der Waals surface area contributed by atoms with Gasteiger partial charge < -0.3 is 15.5 Å². The molecule has 0 aliphatic carbocycles. The quantitative estimate of drug-likeness (QED) is 0.372. The van der Waals surface area contributed by atoms with Gasteiger partial charge in [0.25, 0.3) is 0 Å². The van der Waals surface area contributed by atoms with Gasteiger partial charge in [0.1, 0.15) is 5.82 Å². The summed E-state index contributed by atoms with van der Waals surface area (Å²) < 4.78 is 13.9. The Balaban J connectivity index is 2.46. The molecule has 1 aromatic rings. The topological polar surface area (TPSA) is 42.9 Å². The summed E-state index contributed by atoms with van der Waals surface area (Å²) >= 11 is 0. The van der Waals surface area contributed by atoms with Crippen LogP contribution in [0.4, 0.5) is 4.39 Å². The lowest BCUT2D eigenvalue weighted by Crippen LogP contribution is -2.41. The van der Waals surface area contributed by atoms with Crippen LogP contribution in [0.5, 0.6) is 0 Å². The molecule has 2 N–H and O–H groups in total. The number of rotatable bonds is 10. The molecule has 0 spiro atoms. The van der Waals surface area contributed by atoms with Crippen molar-refractivity contribution in [3.63, 3.8) is 0 Å². The zero-order valence-electron chi connectivity index (χ0n) is 18.1. The van der Waals surface area contributed by atoms with Crippen LogP contribution in [0.3, 0.4) is 0 Å². The fourth-order valence-electron chi connectivity index (χ4n) is 3.19. The van der Waals surface area contributed by atoms with Gasteiger partial charge in [-0.05, 0) is 65.9 Å². The van der Waals surface area contributed by atoms with E-state index in [2.05, 4.69) is 48.2 Å². The Morgan fingerprint density at radius 3 is 2.33 bits per heavy atom. The average Bonchev–Trinajstić information content (AvgIpc) is 2.58. The van der Waals surface area contributed by atoms with Gasteiger partial charge in [0.2, 0.25) is 0 Å². The van der Waals surface area contributed by atoms with E-state index in [0.29, 0.717) is 30.7 Å². The summed E-state index contributed by atoms with van der Waals surface area (Å²) in [5.74, 6) is 0.615. The van der Waals surface area contributed by atoms with E-state index in [1.807, 2.05) is 31.1 Å². The first kappa shape index (κ1) is 23.4. The summed E-state index contributed by atoms with van der Waals surface area (Å²) in [7, 11) is 5.65. The van der Waals surface area contributed by atoms with Gasteiger partial charge in [-0.3, -0.25) is 9.89 Å². The molecule has 0 radical (unpaired) electrons. The highest BCUT2D eigenvalue weighted by molar-refractivity contribution is 5.79. The van der Waals surface area contributed by atoms with Crippen LogP contribution in [0, 0.1) is 5.82 Å². The number of hydrogen-bond donors (Lipinski definition) is 2. The summed E-state index contributed by atoms with van der Waals surface area (Å²) in [5.41, 5.74) is 1.76. The van der Waals surface area contributed by atoms with Crippen molar-refractivity contribution < 1.29 is 4.39 Å². The Labute approximate surface area is 165 Å². The standard InChI is InChI=1S/C21H38FN5/c1-16(2)27(17(3)4)12-8-11-24-21(23-5)25-14-18-9-10-20(22)19(13-18)15-26(6)7/h9-10,13,16-17H,8,11-12,14-15H2,1-7H3,(H2,23,24,25). The van der Waals surface area contributed by atoms with Gasteiger partial charge in [-0.1, -0.05) is 6.07 Å². The summed E-state index contributed by atoms with van der Waals surface area (Å²) in [6.45, 7) is 12.1. The summed E-state index contributed by atoms with van der Waals surface area (Å²) in [6, 6.07) is 6.38. The van der Waals surface area contributed by atoms with Crippen molar-refractivity contribution in [2.75, 3.05) is 34.2 Å². The Morgan fingerprint density at radius 1 is 1.11 bits per heavy atom. The minimum absolute atomic E-state index is 0.158. The summed E-state index contributed by atoms with van der Waals surface area (Å²) in [5, 5.41) is 6.67. The van der Waals surface area contributed by atoms with Gasteiger partial charge in [-0.2, -0.15) is 0 Å². The number of nitrogens with one attached hydrogen (secondary N) is 2. The third-order valence-electron chi connectivity index (χ3n) is 4.49. The monoisotopic (exact) mass is 379 g/mol. The van der Waals surface area contributed by atoms with Gasteiger partial charge in [0.05, 0.1) is 0 Å². The largest absolute Gasteiger partial charge is 0.356 e. The fourth-order valence-corrected chi connectivity index (χ4v) is 3.19. The minimum Gasteiger partial charge on any atom is -0.356 e. The summed E-state index contributed by atoms with van der Waals surface area (Å²) in [6.07, 6.45) is 1.06. The average molecular weight is 380 g/mol. The molecule has 0 heterocycles. The van der Waals surface area contributed by atoms with Crippen LogP contribution in [0.2, 0.25) is 0 Å². The first-order valence-corrected chi connectivity index (χ1v) is 9.86. The van der Waals surface area contributed by atoms with Gasteiger partial charge in [0, 0.05) is 50.9 Å². The molecular formula is C21H38FN5. The first-order valence-electron chi connectivity index (χ1n) is 9.86. The van der Waals surface area contributed by atoms with Gasteiger partial charge >= 0.3 is 0 Å². The van der Waals surface area contributed by atoms with Gasteiger partial charge in [-0.15, -0.1) is 0 Å². The maximum absolute atomic E-state index is 13.9. The van der Waals surface area contributed by atoms with Crippen molar-refractivity contribution >= 4 is 5.96 Å². The second-order valence-corrected chi connectivity index (χ2v) is 7.79. The molecular weight excluding hydrogens is 341 g/mol. The third-order valence-corrected chi connectivity index (χ3v) is 4.49. The highest BCUT2D eigenvalue weighted by Crippen LogP contribution is 2.12. The highest BCUT2D eigenvalue weighted by Gasteiger charge is 2.12. The van der Waals surface area contributed by atoms with Crippen molar-refractivity contribution in [1.29, 1.82) is 0 Å². The van der Waals surface area contributed by atoms with Crippen molar-refractivity contribution in [3.05, 3.63) is 35.1 Å². The lowest BCUT2D eigenvalue weighted by Gasteiger charge is -2.30. The molecule has 0 saturated heterocycles. The number of nitrogens with zero attached hydrogens (tertiary/aromatic N) is 3. The predicted octanol–water partition coefficient (Wildman–Crippen LogP) is 3.06. The van der Waals surface area contributed by atoms with E-state index >= 15 is 0 Å². The number of guanidine groups is 1. The van der Waals surface area contributed by atoms with Crippen LogP contribution in [-0.2, 0) is 13.1 Å². The minimum atomic E-state index is -0.158. The second kappa shape index (κ2) is 11.9. The van der Waals surface area contributed by atoms with E-state index in [9.17, 15) is 4.39 Å². The molecule has 0 aliphatic rings.